The summed E-state index contributed by atoms with van der Waals surface area (Å²) in [5.74, 6) is -0.0500. The average molecular weight is 290 g/mol. The van der Waals surface area contributed by atoms with Crippen molar-refractivity contribution in [3.8, 4) is 5.82 Å². The quantitative estimate of drug-likeness (QED) is 0.485. The molecule has 2 aromatic heterocycles. The number of carbonyl (C=O) groups is 1. The molecule has 0 aliphatic heterocycles. The van der Waals surface area contributed by atoms with Gasteiger partial charge in [0.2, 0.25) is 0 Å². The Morgan fingerprint density at radius 3 is 2.71 bits per heavy atom. The molecule has 0 fully saturated rings. The zero-order valence-electron chi connectivity index (χ0n) is 11.9. The number of rotatable bonds is 4. The molecule has 0 N–H and O–H groups in total. The van der Waals surface area contributed by atoms with Crippen molar-refractivity contribution in [1.29, 1.82) is 0 Å². The predicted octanol–water partition coefficient (Wildman–Crippen LogP) is 1.97. The molecule has 8 heteroatoms. The lowest BCUT2D eigenvalue weighted by molar-refractivity contribution is -0.385. The van der Waals surface area contributed by atoms with E-state index >= 15 is 0 Å². The molecule has 2 heterocycles. The maximum absolute atomic E-state index is 11.7. The third-order valence-corrected chi connectivity index (χ3v) is 2.96. The minimum Gasteiger partial charge on any atom is -0.462 e. The Hall–Kier alpha value is -2.77. The van der Waals surface area contributed by atoms with Gasteiger partial charge < -0.3 is 4.74 Å². The molecule has 0 aromatic carbocycles. The van der Waals surface area contributed by atoms with Crippen LogP contribution in [0.15, 0.2) is 18.3 Å². The fraction of sp³-hybridized carbons (Fsp3) is 0.308. The Kier molecular flexibility index (Phi) is 3.97. The first-order chi connectivity index (χ1) is 9.95. The van der Waals surface area contributed by atoms with E-state index in [1.165, 1.54) is 23.0 Å². The molecule has 0 amide bonds. The highest BCUT2D eigenvalue weighted by Gasteiger charge is 2.18. The number of nitrogens with zero attached hydrogens (tertiary/aromatic N) is 4. The predicted molar refractivity (Wildman–Crippen MR) is 73.4 cm³/mol. The van der Waals surface area contributed by atoms with Crippen LogP contribution in [0.1, 0.15) is 28.7 Å². The number of aromatic nitrogens is 3. The van der Waals surface area contributed by atoms with E-state index in [9.17, 15) is 14.9 Å². The molecule has 0 radical (unpaired) electrons. The molecular weight excluding hydrogens is 276 g/mol. The van der Waals surface area contributed by atoms with Crippen molar-refractivity contribution >= 4 is 11.7 Å². The van der Waals surface area contributed by atoms with Gasteiger partial charge in [0.15, 0.2) is 5.82 Å². The number of esters is 1. The molecule has 0 atom stereocenters. The first-order valence-electron chi connectivity index (χ1n) is 6.29. The third-order valence-electron chi connectivity index (χ3n) is 2.96. The van der Waals surface area contributed by atoms with E-state index in [2.05, 4.69) is 10.1 Å². The van der Waals surface area contributed by atoms with E-state index in [1.807, 2.05) is 0 Å². The highest BCUT2D eigenvalue weighted by Crippen LogP contribution is 2.19. The van der Waals surface area contributed by atoms with Crippen LogP contribution in [0.5, 0.6) is 0 Å². The summed E-state index contributed by atoms with van der Waals surface area (Å²) in [6.45, 7) is 5.25. The van der Waals surface area contributed by atoms with Crippen molar-refractivity contribution in [3.05, 3.63) is 45.4 Å². The molecule has 21 heavy (non-hydrogen) atoms. The summed E-state index contributed by atoms with van der Waals surface area (Å²) in [6.07, 6.45) is 1.39. The summed E-state index contributed by atoms with van der Waals surface area (Å²) in [6, 6.07) is 2.85. The highest BCUT2D eigenvalue weighted by atomic mass is 16.6. The number of carbonyl (C=O) groups excluding carboxylic acids is 1. The lowest BCUT2D eigenvalue weighted by Gasteiger charge is -2.05. The lowest BCUT2D eigenvalue weighted by Crippen LogP contribution is -2.08. The van der Waals surface area contributed by atoms with Gasteiger partial charge in [0.05, 0.1) is 23.4 Å². The van der Waals surface area contributed by atoms with Gasteiger partial charge in [-0.15, -0.1) is 0 Å². The Bertz CT molecular complexity index is 708. The second-order valence-electron chi connectivity index (χ2n) is 4.31. The first kappa shape index (κ1) is 14.6. The van der Waals surface area contributed by atoms with Gasteiger partial charge >= 0.3 is 5.97 Å². The van der Waals surface area contributed by atoms with Crippen LogP contribution in [0.3, 0.4) is 0 Å². The number of hydrogen-bond acceptors (Lipinski definition) is 6. The Balaban J connectivity index is 2.42. The van der Waals surface area contributed by atoms with Gasteiger partial charge in [0, 0.05) is 6.07 Å². The fourth-order valence-electron chi connectivity index (χ4n) is 1.90. The largest absolute Gasteiger partial charge is 0.462 e. The second-order valence-corrected chi connectivity index (χ2v) is 4.31. The van der Waals surface area contributed by atoms with Crippen molar-refractivity contribution in [2.75, 3.05) is 6.61 Å². The topological polar surface area (TPSA) is 100 Å². The first-order valence-corrected chi connectivity index (χ1v) is 6.29. The highest BCUT2D eigenvalue weighted by molar-refractivity contribution is 5.90. The minimum atomic E-state index is -0.494. The van der Waals surface area contributed by atoms with Gasteiger partial charge in [-0.1, -0.05) is 0 Å². The van der Waals surface area contributed by atoms with Crippen molar-refractivity contribution in [3.63, 3.8) is 0 Å². The third kappa shape index (κ3) is 2.73. The zero-order chi connectivity index (χ0) is 15.6. The van der Waals surface area contributed by atoms with Crippen molar-refractivity contribution < 1.29 is 14.5 Å². The van der Waals surface area contributed by atoms with Gasteiger partial charge in [0.25, 0.3) is 5.69 Å². The van der Waals surface area contributed by atoms with Gasteiger partial charge in [0.1, 0.15) is 11.3 Å². The lowest BCUT2D eigenvalue weighted by atomic mass is 10.2. The smallest absolute Gasteiger partial charge is 0.341 e. The van der Waals surface area contributed by atoms with Crippen LogP contribution >= 0.6 is 0 Å². The van der Waals surface area contributed by atoms with Crippen LogP contribution in [0.25, 0.3) is 5.82 Å². The molecule has 0 saturated heterocycles. The number of nitro groups is 1. The average Bonchev–Trinajstić information content (AvgIpc) is 2.80. The molecular formula is C13H14N4O4. The molecule has 0 spiro atoms. The van der Waals surface area contributed by atoms with Crippen LogP contribution in [-0.2, 0) is 4.74 Å². The number of hydrogen-bond donors (Lipinski definition) is 0. The second kappa shape index (κ2) is 5.70. The summed E-state index contributed by atoms with van der Waals surface area (Å²) >= 11 is 0. The maximum Gasteiger partial charge on any atom is 0.341 e. The normalized spacial score (nSPS) is 10.4. The molecule has 0 saturated carbocycles. The maximum atomic E-state index is 11.7. The Morgan fingerprint density at radius 1 is 1.43 bits per heavy atom. The van der Waals surface area contributed by atoms with E-state index in [1.54, 1.807) is 20.8 Å². The van der Waals surface area contributed by atoms with Crippen molar-refractivity contribution in [2.24, 2.45) is 0 Å². The molecule has 8 nitrogen and oxygen atoms in total. The van der Waals surface area contributed by atoms with Gasteiger partial charge in [-0.25, -0.2) is 14.5 Å². The molecule has 0 aliphatic carbocycles. The van der Waals surface area contributed by atoms with Crippen LogP contribution in [0.4, 0.5) is 5.69 Å². The number of aryl methyl sites for hydroxylation is 1. The van der Waals surface area contributed by atoms with E-state index in [-0.39, 0.29) is 18.0 Å². The summed E-state index contributed by atoms with van der Waals surface area (Å²) < 4.78 is 6.38. The number of pyridine rings is 1. The number of ether oxygens (including phenoxy) is 1. The summed E-state index contributed by atoms with van der Waals surface area (Å²) in [4.78, 5) is 26.2. The van der Waals surface area contributed by atoms with Crippen molar-refractivity contribution in [1.82, 2.24) is 14.8 Å². The molecule has 0 aliphatic rings. The minimum absolute atomic E-state index is 0.0609. The Morgan fingerprint density at radius 2 is 2.14 bits per heavy atom. The monoisotopic (exact) mass is 290 g/mol. The van der Waals surface area contributed by atoms with Crippen molar-refractivity contribution in [2.45, 2.75) is 20.8 Å². The van der Waals surface area contributed by atoms with Gasteiger partial charge in [-0.2, -0.15) is 5.10 Å². The van der Waals surface area contributed by atoms with Crippen LogP contribution in [-0.4, -0.2) is 32.3 Å². The molecule has 0 unspecified atom stereocenters. The standard InChI is InChI=1S/C13H14N4O4/c1-4-21-13(18)10-7-14-16(9(10)3)12-6-5-11(17(19)20)8(2)15-12/h5-7H,4H2,1-3H3. The van der Waals surface area contributed by atoms with E-state index in [4.69, 9.17) is 4.74 Å². The molecule has 2 rings (SSSR count). The fourth-order valence-corrected chi connectivity index (χ4v) is 1.90. The van der Waals surface area contributed by atoms with Gasteiger partial charge in [-0.3, -0.25) is 10.1 Å². The summed E-state index contributed by atoms with van der Waals surface area (Å²) in [7, 11) is 0. The van der Waals surface area contributed by atoms with Gasteiger partial charge in [-0.05, 0) is 26.8 Å². The molecule has 0 bridgehead atoms. The molecule has 2 aromatic rings. The zero-order valence-corrected chi connectivity index (χ0v) is 11.9. The SMILES string of the molecule is CCOC(=O)c1cnn(-c2ccc([N+](=O)[O-])c(C)n2)c1C. The Labute approximate surface area is 120 Å². The van der Waals surface area contributed by atoms with E-state index in [0.717, 1.165) is 0 Å². The van der Waals surface area contributed by atoms with E-state index < -0.39 is 10.9 Å². The van der Waals surface area contributed by atoms with Crippen LogP contribution in [0, 0.1) is 24.0 Å². The van der Waals surface area contributed by atoms with E-state index in [0.29, 0.717) is 17.1 Å². The van der Waals surface area contributed by atoms with Crippen LogP contribution < -0.4 is 0 Å². The summed E-state index contributed by atoms with van der Waals surface area (Å²) in [5.41, 5.74) is 1.13. The summed E-state index contributed by atoms with van der Waals surface area (Å²) in [5, 5.41) is 14.9. The van der Waals surface area contributed by atoms with Crippen LogP contribution in [0.2, 0.25) is 0 Å². The molecule has 110 valence electrons.